The number of carbonyl (C=O) groups excluding carboxylic acids is 1. The Hall–Kier alpha value is -3.54. The Morgan fingerprint density at radius 1 is 1.04 bits per heavy atom. The summed E-state index contributed by atoms with van der Waals surface area (Å²) in [5, 5.41) is 12.9. The fraction of sp³-hybridized carbons (Fsp3) is 0.100. The third kappa shape index (κ3) is 3.75. The van der Waals surface area contributed by atoms with Gasteiger partial charge in [0.05, 0.1) is 17.1 Å². The molecule has 0 N–H and O–H groups in total. The van der Waals surface area contributed by atoms with Crippen molar-refractivity contribution >= 4 is 17.3 Å². The number of aryl methyl sites for hydroxylation is 1. The highest BCUT2D eigenvalue weighted by molar-refractivity contribution is 5.89. The molecule has 0 atom stereocenters. The lowest BCUT2D eigenvalue weighted by Crippen LogP contribution is -2.11. The lowest BCUT2D eigenvalue weighted by Gasteiger charge is -2.08. The van der Waals surface area contributed by atoms with E-state index in [1.807, 2.05) is 60.7 Å². The summed E-state index contributed by atoms with van der Waals surface area (Å²) in [6, 6.07) is 18.7. The molecule has 0 unspecified atom stereocenters. The predicted octanol–water partition coefficient (Wildman–Crippen LogP) is 5.08. The third-order valence-corrected chi connectivity index (χ3v) is 3.55. The van der Waals surface area contributed by atoms with Gasteiger partial charge in [0.15, 0.2) is 5.69 Å². The van der Waals surface area contributed by atoms with Crippen molar-refractivity contribution in [2.24, 2.45) is 10.2 Å². The summed E-state index contributed by atoms with van der Waals surface area (Å²) in [5.41, 5.74) is 2.72. The second kappa shape index (κ2) is 7.57. The van der Waals surface area contributed by atoms with E-state index >= 15 is 0 Å². The van der Waals surface area contributed by atoms with E-state index in [2.05, 4.69) is 21.9 Å². The number of rotatable bonds is 5. The zero-order valence-electron chi connectivity index (χ0n) is 14.6. The summed E-state index contributed by atoms with van der Waals surface area (Å²) in [7, 11) is 0. The Morgan fingerprint density at radius 2 is 1.65 bits per heavy atom. The van der Waals surface area contributed by atoms with Gasteiger partial charge in [-0.1, -0.05) is 43.0 Å². The average molecular weight is 346 g/mol. The van der Waals surface area contributed by atoms with Crippen molar-refractivity contribution in [3.05, 3.63) is 78.5 Å². The molecule has 130 valence electrons. The van der Waals surface area contributed by atoms with E-state index in [-0.39, 0.29) is 11.5 Å². The summed E-state index contributed by atoms with van der Waals surface area (Å²) < 4.78 is 7.05. The van der Waals surface area contributed by atoms with Crippen LogP contribution in [0, 0.1) is 6.92 Å². The minimum atomic E-state index is -0.543. The van der Waals surface area contributed by atoms with Gasteiger partial charge in [0, 0.05) is 5.57 Å². The number of hydrogen-bond acceptors (Lipinski definition) is 5. The molecule has 6 nitrogen and oxygen atoms in total. The molecule has 0 aliphatic rings. The number of benzene rings is 2. The van der Waals surface area contributed by atoms with Gasteiger partial charge < -0.3 is 4.74 Å². The molecule has 0 aliphatic heterocycles. The molecule has 1 heterocycles. The molecule has 3 aromatic rings. The van der Waals surface area contributed by atoms with E-state index in [9.17, 15) is 4.79 Å². The number of nitrogens with zero attached hydrogens (tertiary/aromatic N) is 4. The van der Waals surface area contributed by atoms with Gasteiger partial charge in [-0.2, -0.15) is 14.9 Å². The Labute approximate surface area is 151 Å². The van der Waals surface area contributed by atoms with E-state index in [0.29, 0.717) is 17.1 Å². The number of para-hydroxylation sites is 1. The molecule has 0 aliphatic carbocycles. The quantitative estimate of drug-likeness (QED) is 0.367. The second-order valence-electron chi connectivity index (χ2n) is 5.69. The molecule has 6 heteroatoms. The summed E-state index contributed by atoms with van der Waals surface area (Å²) in [6.07, 6.45) is 0. The van der Waals surface area contributed by atoms with E-state index in [4.69, 9.17) is 4.74 Å². The minimum absolute atomic E-state index is 0.210. The summed E-state index contributed by atoms with van der Waals surface area (Å²) >= 11 is 0. The van der Waals surface area contributed by atoms with Crippen LogP contribution in [0.2, 0.25) is 0 Å². The van der Waals surface area contributed by atoms with Crippen molar-refractivity contribution in [1.82, 2.24) is 9.78 Å². The van der Waals surface area contributed by atoms with Gasteiger partial charge in [-0.05, 0) is 38.1 Å². The molecule has 26 heavy (non-hydrogen) atoms. The minimum Gasteiger partial charge on any atom is -0.401 e. The van der Waals surface area contributed by atoms with Crippen LogP contribution >= 0.6 is 0 Å². The third-order valence-electron chi connectivity index (χ3n) is 3.55. The van der Waals surface area contributed by atoms with Crippen LogP contribution in [0.15, 0.2) is 83.0 Å². The number of esters is 1. The molecule has 0 amide bonds. The van der Waals surface area contributed by atoms with Crippen molar-refractivity contribution in [2.75, 3.05) is 0 Å². The maximum absolute atomic E-state index is 12.1. The van der Waals surface area contributed by atoms with Crippen LogP contribution < -0.4 is 4.74 Å². The molecule has 1 aromatic heterocycles. The standard InChI is InChI=1S/C20H18N4O2/c1-14(2)20(25)26-19-18(22-21-16-10-6-4-7-11-16)15(3)23-24(19)17-12-8-5-9-13-17/h4-13H,1H2,2-3H3. The SMILES string of the molecule is C=C(C)C(=O)Oc1c(N=Nc2ccccc2)c(C)nn1-c1ccccc1. The highest BCUT2D eigenvalue weighted by Crippen LogP contribution is 2.35. The van der Waals surface area contributed by atoms with Crippen LogP contribution in [-0.4, -0.2) is 15.7 Å². The first kappa shape index (κ1) is 17.3. The number of carbonyl (C=O) groups is 1. The highest BCUT2D eigenvalue weighted by atomic mass is 16.5. The van der Waals surface area contributed by atoms with Crippen LogP contribution in [0.1, 0.15) is 12.6 Å². The fourth-order valence-electron chi connectivity index (χ4n) is 2.23. The predicted molar refractivity (Wildman–Crippen MR) is 99.4 cm³/mol. The molecule has 0 saturated heterocycles. The molecule has 0 fully saturated rings. The maximum Gasteiger partial charge on any atom is 0.339 e. The molecule has 0 bridgehead atoms. The van der Waals surface area contributed by atoms with Gasteiger partial charge in [0.2, 0.25) is 0 Å². The van der Waals surface area contributed by atoms with Crippen molar-refractivity contribution in [3.8, 4) is 11.6 Å². The monoisotopic (exact) mass is 346 g/mol. The molecular weight excluding hydrogens is 328 g/mol. The van der Waals surface area contributed by atoms with Gasteiger partial charge in [0.1, 0.15) is 0 Å². The molecular formula is C20H18N4O2. The van der Waals surface area contributed by atoms with Crippen molar-refractivity contribution in [2.45, 2.75) is 13.8 Å². The lowest BCUT2D eigenvalue weighted by molar-refractivity contribution is -0.130. The summed E-state index contributed by atoms with van der Waals surface area (Å²) in [5.74, 6) is -0.334. The highest BCUT2D eigenvalue weighted by Gasteiger charge is 2.21. The largest absolute Gasteiger partial charge is 0.401 e. The Morgan fingerprint density at radius 3 is 2.27 bits per heavy atom. The smallest absolute Gasteiger partial charge is 0.339 e. The van der Waals surface area contributed by atoms with Gasteiger partial charge in [0.25, 0.3) is 5.88 Å². The second-order valence-corrected chi connectivity index (χ2v) is 5.69. The van der Waals surface area contributed by atoms with Gasteiger partial charge in [-0.15, -0.1) is 5.11 Å². The van der Waals surface area contributed by atoms with Gasteiger partial charge in [-0.3, -0.25) is 0 Å². The summed E-state index contributed by atoms with van der Waals surface area (Å²) in [6.45, 7) is 7.00. The first-order valence-electron chi connectivity index (χ1n) is 8.06. The van der Waals surface area contributed by atoms with Crippen LogP contribution in [0.5, 0.6) is 5.88 Å². The fourth-order valence-corrected chi connectivity index (χ4v) is 2.23. The van der Waals surface area contributed by atoms with E-state index in [1.54, 1.807) is 13.8 Å². The van der Waals surface area contributed by atoms with Crippen LogP contribution in [0.4, 0.5) is 11.4 Å². The van der Waals surface area contributed by atoms with E-state index < -0.39 is 5.97 Å². The van der Waals surface area contributed by atoms with E-state index in [0.717, 1.165) is 5.69 Å². The molecule has 2 aromatic carbocycles. The van der Waals surface area contributed by atoms with Crippen LogP contribution in [0.25, 0.3) is 5.69 Å². The van der Waals surface area contributed by atoms with Gasteiger partial charge >= 0.3 is 5.97 Å². The average Bonchev–Trinajstić information content (AvgIpc) is 2.97. The van der Waals surface area contributed by atoms with Crippen molar-refractivity contribution in [3.63, 3.8) is 0 Å². The Bertz CT molecular complexity index is 960. The van der Waals surface area contributed by atoms with Gasteiger partial charge in [-0.25, -0.2) is 4.79 Å². The van der Waals surface area contributed by atoms with Crippen LogP contribution in [0.3, 0.4) is 0 Å². The zero-order valence-corrected chi connectivity index (χ0v) is 14.6. The maximum atomic E-state index is 12.1. The number of aromatic nitrogens is 2. The number of hydrogen-bond donors (Lipinski definition) is 0. The first-order valence-corrected chi connectivity index (χ1v) is 8.06. The topological polar surface area (TPSA) is 68.8 Å². The first-order chi connectivity index (χ1) is 12.6. The van der Waals surface area contributed by atoms with Crippen molar-refractivity contribution < 1.29 is 9.53 Å². The Kier molecular flexibility index (Phi) is 5.03. The normalized spacial score (nSPS) is 10.8. The van der Waals surface area contributed by atoms with Crippen molar-refractivity contribution in [1.29, 1.82) is 0 Å². The molecule has 0 radical (unpaired) electrons. The Balaban J connectivity index is 2.08. The molecule has 0 saturated carbocycles. The lowest BCUT2D eigenvalue weighted by atomic mass is 10.3. The summed E-state index contributed by atoms with van der Waals surface area (Å²) in [4.78, 5) is 12.1. The van der Waals surface area contributed by atoms with E-state index in [1.165, 1.54) is 4.68 Å². The van der Waals surface area contributed by atoms with Crippen LogP contribution in [-0.2, 0) is 4.79 Å². The zero-order chi connectivity index (χ0) is 18.5. The number of ether oxygens (including phenoxy) is 1. The number of azo groups is 1. The molecule has 3 rings (SSSR count). The molecule has 0 spiro atoms.